The van der Waals surface area contributed by atoms with Gasteiger partial charge in [0.15, 0.2) is 0 Å². The SMILES string of the molecule is CC1(NS(=O)(=O)c2ccc(C#CCN)c(F)c2)CCCC1. The van der Waals surface area contributed by atoms with Crippen LogP contribution in [-0.2, 0) is 10.0 Å². The fourth-order valence-corrected chi connectivity index (χ4v) is 4.03. The number of nitrogens with two attached hydrogens (primary N) is 1. The zero-order chi connectivity index (χ0) is 15.5. The lowest BCUT2D eigenvalue weighted by atomic mass is 10.0. The molecule has 0 unspecified atom stereocenters. The average Bonchev–Trinajstić information content (AvgIpc) is 2.82. The lowest BCUT2D eigenvalue weighted by Gasteiger charge is -2.24. The molecule has 0 amide bonds. The van der Waals surface area contributed by atoms with Gasteiger partial charge in [-0.15, -0.1) is 0 Å². The summed E-state index contributed by atoms with van der Waals surface area (Å²) in [6, 6.07) is 3.73. The van der Waals surface area contributed by atoms with Crippen LogP contribution in [0.4, 0.5) is 4.39 Å². The first-order chi connectivity index (χ1) is 9.86. The van der Waals surface area contributed by atoms with Crippen molar-refractivity contribution in [3.8, 4) is 11.8 Å². The predicted octanol–water partition coefficient (Wildman–Crippen LogP) is 1.75. The van der Waals surface area contributed by atoms with Gasteiger partial charge < -0.3 is 5.73 Å². The van der Waals surface area contributed by atoms with Gasteiger partial charge in [-0.3, -0.25) is 0 Å². The molecule has 21 heavy (non-hydrogen) atoms. The maximum atomic E-state index is 13.9. The minimum Gasteiger partial charge on any atom is -0.320 e. The molecule has 6 heteroatoms. The number of benzene rings is 1. The highest BCUT2D eigenvalue weighted by atomic mass is 32.2. The average molecular weight is 310 g/mol. The zero-order valence-electron chi connectivity index (χ0n) is 11.9. The van der Waals surface area contributed by atoms with Crippen LogP contribution < -0.4 is 10.5 Å². The molecule has 0 radical (unpaired) electrons. The van der Waals surface area contributed by atoms with Crippen LogP contribution in [0.1, 0.15) is 38.2 Å². The molecule has 0 saturated heterocycles. The van der Waals surface area contributed by atoms with E-state index in [1.165, 1.54) is 12.1 Å². The van der Waals surface area contributed by atoms with Gasteiger partial charge in [-0.05, 0) is 38.0 Å². The number of hydrogen-bond acceptors (Lipinski definition) is 3. The number of nitrogens with one attached hydrogen (secondary N) is 1. The van der Waals surface area contributed by atoms with Gasteiger partial charge in [0.1, 0.15) is 5.82 Å². The minimum absolute atomic E-state index is 0.0774. The monoisotopic (exact) mass is 310 g/mol. The highest BCUT2D eigenvalue weighted by molar-refractivity contribution is 7.89. The Morgan fingerprint density at radius 3 is 2.62 bits per heavy atom. The van der Waals surface area contributed by atoms with Crippen LogP contribution in [0.5, 0.6) is 0 Å². The van der Waals surface area contributed by atoms with E-state index in [0.717, 1.165) is 31.7 Å². The Kier molecular flexibility index (Phi) is 4.67. The van der Waals surface area contributed by atoms with Crippen LogP contribution in [0, 0.1) is 17.7 Å². The Morgan fingerprint density at radius 1 is 1.38 bits per heavy atom. The summed E-state index contributed by atoms with van der Waals surface area (Å²) in [5.41, 5.74) is 4.94. The molecule has 114 valence electrons. The van der Waals surface area contributed by atoms with E-state index in [1.54, 1.807) is 0 Å². The number of sulfonamides is 1. The van der Waals surface area contributed by atoms with Crippen molar-refractivity contribution in [3.05, 3.63) is 29.6 Å². The summed E-state index contributed by atoms with van der Waals surface area (Å²) < 4.78 is 41.2. The molecule has 0 spiro atoms. The minimum atomic E-state index is -3.72. The smallest absolute Gasteiger partial charge is 0.241 e. The van der Waals surface area contributed by atoms with E-state index in [4.69, 9.17) is 5.73 Å². The van der Waals surface area contributed by atoms with Crippen LogP contribution in [0.3, 0.4) is 0 Å². The van der Waals surface area contributed by atoms with E-state index in [0.29, 0.717) is 0 Å². The van der Waals surface area contributed by atoms with Crippen molar-refractivity contribution in [2.75, 3.05) is 6.54 Å². The second-order valence-corrected chi connectivity index (χ2v) is 7.20. The summed E-state index contributed by atoms with van der Waals surface area (Å²) in [6.45, 7) is 2.01. The number of rotatable bonds is 3. The molecule has 0 atom stereocenters. The standard InChI is InChI=1S/C15H19FN2O2S/c1-15(8-2-3-9-15)18-21(19,20)13-7-6-12(5-4-10-17)14(16)11-13/h6-7,11,18H,2-3,8-10,17H2,1H3. The van der Waals surface area contributed by atoms with Gasteiger partial charge in [0, 0.05) is 5.54 Å². The highest BCUT2D eigenvalue weighted by Gasteiger charge is 2.33. The molecule has 1 fully saturated rings. The molecule has 0 aromatic heterocycles. The molecule has 1 saturated carbocycles. The van der Waals surface area contributed by atoms with E-state index < -0.39 is 21.4 Å². The third-order valence-electron chi connectivity index (χ3n) is 3.66. The zero-order valence-corrected chi connectivity index (χ0v) is 12.8. The summed E-state index contributed by atoms with van der Waals surface area (Å²) in [4.78, 5) is -0.0774. The molecule has 1 aliphatic rings. The molecule has 3 N–H and O–H groups in total. The highest BCUT2D eigenvalue weighted by Crippen LogP contribution is 2.30. The Balaban J connectivity index is 2.26. The van der Waals surface area contributed by atoms with E-state index in [-0.39, 0.29) is 17.0 Å². The first-order valence-electron chi connectivity index (χ1n) is 6.89. The Morgan fingerprint density at radius 2 is 2.05 bits per heavy atom. The third-order valence-corrected chi connectivity index (χ3v) is 5.30. The lowest BCUT2D eigenvalue weighted by molar-refractivity contribution is 0.427. The van der Waals surface area contributed by atoms with Gasteiger partial charge in [-0.1, -0.05) is 24.7 Å². The molecule has 4 nitrogen and oxygen atoms in total. The quantitative estimate of drug-likeness (QED) is 0.835. The normalized spacial score (nSPS) is 17.3. The van der Waals surface area contributed by atoms with E-state index in [1.807, 2.05) is 6.92 Å². The van der Waals surface area contributed by atoms with Crippen molar-refractivity contribution in [3.63, 3.8) is 0 Å². The summed E-state index contributed by atoms with van der Waals surface area (Å²) in [5.74, 6) is 4.45. The Labute approximate surface area is 125 Å². The first-order valence-corrected chi connectivity index (χ1v) is 8.37. The molecule has 2 rings (SSSR count). The maximum Gasteiger partial charge on any atom is 0.241 e. The third kappa shape index (κ3) is 3.82. The largest absolute Gasteiger partial charge is 0.320 e. The summed E-state index contributed by atoms with van der Waals surface area (Å²) in [7, 11) is -3.72. The van der Waals surface area contributed by atoms with Crippen molar-refractivity contribution < 1.29 is 12.8 Å². The van der Waals surface area contributed by atoms with Gasteiger partial charge in [-0.2, -0.15) is 0 Å². The van der Waals surface area contributed by atoms with Crippen LogP contribution >= 0.6 is 0 Å². The molecular weight excluding hydrogens is 291 g/mol. The summed E-state index contributed by atoms with van der Waals surface area (Å²) in [6.07, 6.45) is 3.60. The van der Waals surface area contributed by atoms with Gasteiger partial charge in [0.05, 0.1) is 17.0 Å². The molecule has 1 aromatic carbocycles. The first kappa shape index (κ1) is 16.0. The molecular formula is C15H19FN2O2S. The topological polar surface area (TPSA) is 72.2 Å². The van der Waals surface area contributed by atoms with Gasteiger partial charge in [0.2, 0.25) is 10.0 Å². The summed E-state index contributed by atoms with van der Waals surface area (Å²) >= 11 is 0. The van der Waals surface area contributed by atoms with Crippen molar-refractivity contribution in [1.82, 2.24) is 4.72 Å². The molecule has 1 aliphatic carbocycles. The van der Waals surface area contributed by atoms with Gasteiger partial charge >= 0.3 is 0 Å². The predicted molar refractivity (Wildman–Crippen MR) is 79.5 cm³/mol. The molecule has 0 heterocycles. The molecule has 0 aliphatic heterocycles. The van der Waals surface area contributed by atoms with Gasteiger partial charge in [0.25, 0.3) is 0 Å². The van der Waals surface area contributed by atoms with Crippen LogP contribution in [0.15, 0.2) is 23.1 Å². The molecule has 0 bridgehead atoms. The number of hydrogen-bond donors (Lipinski definition) is 2. The fraction of sp³-hybridized carbons (Fsp3) is 0.467. The second kappa shape index (κ2) is 6.14. The van der Waals surface area contributed by atoms with Crippen molar-refractivity contribution >= 4 is 10.0 Å². The fourth-order valence-electron chi connectivity index (χ4n) is 2.55. The van der Waals surface area contributed by atoms with Crippen LogP contribution in [-0.4, -0.2) is 20.5 Å². The van der Waals surface area contributed by atoms with Crippen LogP contribution in [0.2, 0.25) is 0 Å². The van der Waals surface area contributed by atoms with E-state index in [9.17, 15) is 12.8 Å². The Bertz CT molecular complexity index is 683. The maximum absolute atomic E-state index is 13.9. The Hall–Kier alpha value is -1.42. The van der Waals surface area contributed by atoms with E-state index in [2.05, 4.69) is 16.6 Å². The second-order valence-electron chi connectivity index (χ2n) is 5.52. The summed E-state index contributed by atoms with van der Waals surface area (Å²) in [5, 5.41) is 0. The molecule has 1 aromatic rings. The van der Waals surface area contributed by atoms with Crippen molar-refractivity contribution in [2.45, 2.75) is 43.0 Å². The van der Waals surface area contributed by atoms with Crippen molar-refractivity contribution in [2.24, 2.45) is 5.73 Å². The van der Waals surface area contributed by atoms with E-state index >= 15 is 0 Å². The van der Waals surface area contributed by atoms with Crippen molar-refractivity contribution in [1.29, 1.82) is 0 Å². The lowest BCUT2D eigenvalue weighted by Crippen LogP contribution is -2.43. The number of halogens is 1. The van der Waals surface area contributed by atoms with Gasteiger partial charge in [-0.25, -0.2) is 17.5 Å². The van der Waals surface area contributed by atoms with Crippen LogP contribution in [0.25, 0.3) is 0 Å².